The maximum absolute atomic E-state index is 12.0. The molecule has 0 saturated heterocycles. The number of ether oxygens (including phenoxy) is 1. The Balaban J connectivity index is 0.00000172. The lowest BCUT2D eigenvalue weighted by molar-refractivity contribution is -0.194. The molecule has 0 fully saturated rings. The number of halogens is 1. The molecule has 2 N–H and O–H groups in total. The van der Waals surface area contributed by atoms with E-state index in [1.54, 1.807) is 37.3 Å². The van der Waals surface area contributed by atoms with Gasteiger partial charge in [-0.25, -0.2) is 9.59 Å². The summed E-state index contributed by atoms with van der Waals surface area (Å²) in [6, 6.07) is 8.50. The van der Waals surface area contributed by atoms with Crippen molar-refractivity contribution >= 4 is 18.7 Å². The van der Waals surface area contributed by atoms with Crippen molar-refractivity contribution in [1.82, 2.24) is 0 Å². The summed E-state index contributed by atoms with van der Waals surface area (Å²) in [5.74, 6) is -2.48. The number of carbonyl (C=O) groups excluding carboxylic acids is 3. The summed E-state index contributed by atoms with van der Waals surface area (Å²) in [6.07, 6.45) is -0.199. The quantitative estimate of drug-likeness (QED) is 0.633. The molecule has 110 valence electrons. The van der Waals surface area contributed by atoms with Crippen LogP contribution in [0.4, 0.5) is 4.53 Å². The van der Waals surface area contributed by atoms with Crippen molar-refractivity contribution in [2.75, 3.05) is 6.61 Å². The van der Waals surface area contributed by atoms with Crippen LogP contribution in [0, 0.1) is 0 Å². The Kier molecular flexibility index (Phi) is 7.76. The Morgan fingerprint density at radius 1 is 1.25 bits per heavy atom. The minimum absolute atomic E-state index is 0.0339. The number of benzene rings is 1. The molecule has 0 aliphatic rings. The third-order valence-corrected chi connectivity index (χ3v) is 2.40. The molecular weight excluding hydrogens is 269 g/mol. The summed E-state index contributed by atoms with van der Waals surface area (Å²) >= 11 is 0. The molecule has 0 aromatic heterocycles. The first-order chi connectivity index (χ1) is 9.54. The average molecular weight is 285 g/mol. The third kappa shape index (κ3) is 4.43. The van der Waals surface area contributed by atoms with Crippen molar-refractivity contribution < 1.29 is 28.6 Å². The predicted octanol–water partition coefficient (Wildman–Crippen LogP) is 0.732. The van der Waals surface area contributed by atoms with Crippen molar-refractivity contribution in [3.8, 4) is 0 Å². The van der Waals surface area contributed by atoms with Crippen LogP contribution < -0.4 is 5.73 Å². The number of esters is 1. The zero-order chi connectivity index (χ0) is 15.6. The van der Waals surface area contributed by atoms with Gasteiger partial charge in [0.1, 0.15) is 6.79 Å². The molecule has 1 aromatic rings. The number of hydrogen-bond donors (Lipinski definition) is 1. The van der Waals surface area contributed by atoms with E-state index in [4.69, 9.17) is 10.5 Å². The predicted molar refractivity (Wildman–Crippen MR) is 68.0 cm³/mol. The van der Waals surface area contributed by atoms with Crippen LogP contribution >= 0.6 is 0 Å². The zero-order valence-electron chi connectivity index (χ0n) is 11.0. The van der Waals surface area contributed by atoms with Crippen molar-refractivity contribution in [2.45, 2.75) is 18.9 Å². The molecule has 20 heavy (non-hydrogen) atoms. The minimum Gasteiger partial charge on any atom is -0.464 e. The highest BCUT2D eigenvalue weighted by Gasteiger charge is 2.46. The molecule has 1 rings (SSSR count). The first kappa shape index (κ1) is 17.7. The van der Waals surface area contributed by atoms with Crippen molar-refractivity contribution in [3.63, 3.8) is 0 Å². The van der Waals surface area contributed by atoms with E-state index in [1.165, 1.54) is 0 Å². The van der Waals surface area contributed by atoms with Gasteiger partial charge < -0.3 is 15.3 Å². The highest BCUT2D eigenvalue weighted by Crippen LogP contribution is 2.15. The van der Waals surface area contributed by atoms with Gasteiger partial charge in [0.25, 0.3) is 0 Å². The van der Waals surface area contributed by atoms with Crippen molar-refractivity contribution in [1.29, 1.82) is 0 Å². The van der Waals surface area contributed by atoms with E-state index in [0.29, 0.717) is 5.56 Å². The van der Waals surface area contributed by atoms with Gasteiger partial charge in [-0.15, -0.1) is 0 Å². The molecule has 0 aliphatic heterocycles. The van der Waals surface area contributed by atoms with Gasteiger partial charge in [-0.05, 0) is 12.5 Å². The van der Waals surface area contributed by atoms with Gasteiger partial charge >= 0.3 is 11.9 Å². The van der Waals surface area contributed by atoms with Gasteiger partial charge in [0.15, 0.2) is 0 Å². The second kappa shape index (κ2) is 8.76. The van der Waals surface area contributed by atoms with Gasteiger partial charge in [0.05, 0.1) is 6.61 Å². The molecule has 0 heterocycles. The maximum Gasteiger partial charge on any atom is 0.380 e. The summed E-state index contributed by atoms with van der Waals surface area (Å²) in [4.78, 5) is 34.1. The molecule has 1 aromatic carbocycles. The fourth-order valence-corrected chi connectivity index (χ4v) is 1.47. The van der Waals surface area contributed by atoms with E-state index in [9.17, 15) is 14.1 Å². The Morgan fingerprint density at radius 3 is 2.25 bits per heavy atom. The molecule has 0 spiro atoms. The first-order valence-electron chi connectivity index (χ1n) is 5.66. The number of carbonyl (C=O) groups is 3. The van der Waals surface area contributed by atoms with E-state index in [-0.39, 0.29) is 13.0 Å². The second-order valence-corrected chi connectivity index (χ2v) is 3.72. The number of nitrogens with two attached hydrogens (primary N) is 1. The van der Waals surface area contributed by atoms with Crippen LogP contribution in [0.25, 0.3) is 0 Å². The van der Waals surface area contributed by atoms with Gasteiger partial charge in [0, 0.05) is 10.9 Å². The van der Waals surface area contributed by atoms with Gasteiger partial charge in [0.2, 0.25) is 5.54 Å². The highest BCUT2D eigenvalue weighted by atomic mass is 19.3. The third-order valence-electron chi connectivity index (χ3n) is 2.40. The largest absolute Gasteiger partial charge is 0.464 e. The lowest BCUT2D eigenvalue weighted by atomic mass is 9.92. The summed E-state index contributed by atoms with van der Waals surface area (Å²) in [5.41, 5.74) is 4.05. The normalized spacial score (nSPS) is 12.3. The van der Waals surface area contributed by atoms with Crippen LogP contribution in [-0.2, 0) is 30.5 Å². The summed E-state index contributed by atoms with van der Waals surface area (Å²) in [5, 5.41) is 0. The van der Waals surface area contributed by atoms with E-state index >= 15 is 0 Å². The number of rotatable bonds is 5. The minimum atomic E-state index is -2.17. The van der Waals surface area contributed by atoms with E-state index in [1.807, 2.05) is 6.79 Å². The van der Waals surface area contributed by atoms with Crippen LogP contribution in [0.3, 0.4) is 0 Å². The molecule has 0 amide bonds. The molecule has 0 radical (unpaired) electrons. The molecular formula is C13H16FNO5. The maximum atomic E-state index is 12.0. The fourth-order valence-electron chi connectivity index (χ4n) is 1.47. The Hall–Kier alpha value is -2.28. The van der Waals surface area contributed by atoms with E-state index in [0.717, 1.165) is 0 Å². The molecule has 0 saturated carbocycles. The van der Waals surface area contributed by atoms with Crippen LogP contribution in [0.2, 0.25) is 0 Å². The Labute approximate surface area is 115 Å². The Bertz CT molecular complexity index is 440. The molecule has 7 heteroatoms. The number of hydrogen-bond acceptors (Lipinski definition) is 6. The summed E-state index contributed by atoms with van der Waals surface area (Å²) in [6.45, 7) is 3.59. The molecule has 0 bridgehead atoms. The van der Waals surface area contributed by atoms with Crippen molar-refractivity contribution in [3.05, 3.63) is 35.9 Å². The molecule has 6 nitrogen and oxygen atoms in total. The second-order valence-electron chi connectivity index (χ2n) is 3.72. The fraction of sp³-hybridized carbons (Fsp3) is 0.308. The summed E-state index contributed by atoms with van der Waals surface area (Å²) < 4.78 is 16.7. The Morgan fingerprint density at radius 2 is 1.80 bits per heavy atom. The topological polar surface area (TPSA) is 95.7 Å². The molecule has 0 aliphatic carbocycles. The lowest BCUT2D eigenvalue weighted by Crippen LogP contribution is -2.57. The summed E-state index contributed by atoms with van der Waals surface area (Å²) in [7, 11) is 0. The van der Waals surface area contributed by atoms with Crippen LogP contribution in [-0.4, -0.2) is 30.9 Å². The molecule has 1 unspecified atom stereocenters. The van der Waals surface area contributed by atoms with Crippen molar-refractivity contribution in [2.24, 2.45) is 5.73 Å². The van der Waals surface area contributed by atoms with Gasteiger partial charge in [-0.2, -0.15) is 0 Å². The SMILES string of the molecule is C=O.CCOC(=O)C(N)(Cc1ccccc1)C(=O)OF. The molecule has 1 atom stereocenters. The highest BCUT2D eigenvalue weighted by molar-refractivity contribution is 6.04. The smallest absolute Gasteiger partial charge is 0.380 e. The van der Waals surface area contributed by atoms with Crippen LogP contribution in [0.1, 0.15) is 12.5 Å². The van der Waals surface area contributed by atoms with E-state index < -0.39 is 17.5 Å². The van der Waals surface area contributed by atoms with Gasteiger partial charge in [-0.1, -0.05) is 30.3 Å². The monoisotopic (exact) mass is 285 g/mol. The average Bonchev–Trinajstić information content (AvgIpc) is 2.49. The zero-order valence-corrected chi connectivity index (χ0v) is 11.0. The van der Waals surface area contributed by atoms with Gasteiger partial charge in [-0.3, -0.25) is 4.94 Å². The standard InChI is InChI=1S/C12H14FNO4.CH2O/c1-2-17-10(15)12(14,11(16)18-13)8-9-6-4-3-5-7-9;1-2/h3-7H,2,8,14H2,1H3;1H2. The van der Waals surface area contributed by atoms with E-state index in [2.05, 4.69) is 9.68 Å². The van der Waals surface area contributed by atoms with Crippen LogP contribution in [0.5, 0.6) is 0 Å². The lowest BCUT2D eigenvalue weighted by Gasteiger charge is -2.22. The first-order valence-corrected chi connectivity index (χ1v) is 5.66. The van der Waals surface area contributed by atoms with Crippen LogP contribution in [0.15, 0.2) is 30.3 Å².